The van der Waals surface area contributed by atoms with Crippen LogP contribution in [0, 0.1) is 11.6 Å². The monoisotopic (exact) mass is 247 g/mol. The number of carbonyl (C=O) groups is 1. The predicted octanol–water partition coefficient (Wildman–Crippen LogP) is 2.71. The number of rotatable bonds is 4. The molecule has 0 fully saturated rings. The van der Waals surface area contributed by atoms with Gasteiger partial charge < -0.3 is 5.32 Å². The first-order chi connectivity index (χ1) is 7.52. The van der Waals surface area contributed by atoms with Gasteiger partial charge in [-0.15, -0.1) is 11.6 Å². The van der Waals surface area contributed by atoms with E-state index >= 15 is 0 Å². The summed E-state index contributed by atoms with van der Waals surface area (Å²) in [5.41, 5.74) is -0.290. The Morgan fingerprint density at radius 1 is 1.50 bits per heavy atom. The normalized spacial score (nSPS) is 12.2. The maximum Gasteiger partial charge on any atom is 0.254 e. The lowest BCUT2D eigenvalue weighted by molar-refractivity contribution is 0.0948. The number of nitrogens with one attached hydrogen (secondary N) is 1. The molecule has 0 saturated heterocycles. The summed E-state index contributed by atoms with van der Waals surface area (Å²) in [6.07, 6.45) is 0.574. The van der Waals surface area contributed by atoms with E-state index in [1.807, 2.05) is 0 Å². The molecular weight excluding hydrogens is 236 g/mol. The Hall–Kier alpha value is -1.16. The first-order valence-corrected chi connectivity index (χ1v) is 5.32. The summed E-state index contributed by atoms with van der Waals surface area (Å²) >= 11 is 5.68. The zero-order valence-corrected chi connectivity index (χ0v) is 9.52. The van der Waals surface area contributed by atoms with Gasteiger partial charge in [0.15, 0.2) is 11.6 Å². The lowest BCUT2D eigenvalue weighted by Gasteiger charge is -2.07. The molecule has 1 atom stereocenters. The average Bonchev–Trinajstić information content (AvgIpc) is 2.21. The summed E-state index contributed by atoms with van der Waals surface area (Å²) in [7, 11) is 0. The Morgan fingerprint density at radius 2 is 2.19 bits per heavy atom. The van der Waals surface area contributed by atoms with Crippen LogP contribution in [0.15, 0.2) is 18.2 Å². The van der Waals surface area contributed by atoms with Crippen molar-refractivity contribution in [2.24, 2.45) is 0 Å². The van der Waals surface area contributed by atoms with Crippen molar-refractivity contribution in [1.29, 1.82) is 0 Å². The molecule has 0 aliphatic carbocycles. The standard InChI is InChI=1S/C11H12ClF2NO/c1-7(12)5-6-15-11(16)8-3-2-4-9(13)10(8)14/h2-4,7H,5-6H2,1H3,(H,15,16). The van der Waals surface area contributed by atoms with Crippen LogP contribution in [0.2, 0.25) is 0 Å². The fraction of sp³-hybridized carbons (Fsp3) is 0.364. The van der Waals surface area contributed by atoms with Crippen LogP contribution in [0.5, 0.6) is 0 Å². The highest BCUT2D eigenvalue weighted by molar-refractivity contribution is 6.20. The molecule has 5 heteroatoms. The molecule has 1 unspecified atom stereocenters. The Labute approximate surface area is 97.6 Å². The maximum absolute atomic E-state index is 13.2. The Morgan fingerprint density at radius 3 is 2.81 bits per heavy atom. The lowest BCUT2D eigenvalue weighted by Crippen LogP contribution is -2.26. The Kier molecular flexibility index (Phi) is 4.68. The molecule has 0 aliphatic rings. The molecule has 0 radical (unpaired) electrons. The fourth-order valence-electron chi connectivity index (χ4n) is 1.16. The largest absolute Gasteiger partial charge is 0.352 e. The van der Waals surface area contributed by atoms with Gasteiger partial charge in [-0.2, -0.15) is 0 Å². The molecule has 1 aromatic carbocycles. The van der Waals surface area contributed by atoms with Gasteiger partial charge in [-0.1, -0.05) is 6.07 Å². The van der Waals surface area contributed by atoms with E-state index in [0.717, 1.165) is 6.07 Å². The van der Waals surface area contributed by atoms with Crippen molar-refractivity contribution in [3.05, 3.63) is 35.4 Å². The van der Waals surface area contributed by atoms with E-state index in [2.05, 4.69) is 5.32 Å². The van der Waals surface area contributed by atoms with E-state index in [1.165, 1.54) is 12.1 Å². The minimum absolute atomic E-state index is 0.0716. The maximum atomic E-state index is 13.2. The number of alkyl halides is 1. The molecule has 1 rings (SSSR count). The molecular formula is C11H12ClF2NO. The van der Waals surface area contributed by atoms with E-state index < -0.39 is 17.5 Å². The highest BCUT2D eigenvalue weighted by Crippen LogP contribution is 2.11. The minimum atomic E-state index is -1.13. The van der Waals surface area contributed by atoms with E-state index in [9.17, 15) is 13.6 Å². The number of amides is 1. The van der Waals surface area contributed by atoms with Crippen molar-refractivity contribution in [2.75, 3.05) is 6.54 Å². The van der Waals surface area contributed by atoms with Gasteiger partial charge in [-0.25, -0.2) is 8.78 Å². The van der Waals surface area contributed by atoms with Gasteiger partial charge in [0.2, 0.25) is 0 Å². The van der Waals surface area contributed by atoms with Crippen molar-refractivity contribution in [3.63, 3.8) is 0 Å². The van der Waals surface area contributed by atoms with Crippen LogP contribution < -0.4 is 5.32 Å². The van der Waals surface area contributed by atoms with Crippen LogP contribution in [-0.4, -0.2) is 17.8 Å². The summed E-state index contributed by atoms with van der Waals surface area (Å²) in [5, 5.41) is 2.40. The summed E-state index contributed by atoms with van der Waals surface area (Å²) in [4.78, 5) is 11.4. The highest BCUT2D eigenvalue weighted by atomic mass is 35.5. The number of benzene rings is 1. The minimum Gasteiger partial charge on any atom is -0.352 e. The van der Waals surface area contributed by atoms with Gasteiger partial charge in [0.05, 0.1) is 5.56 Å². The van der Waals surface area contributed by atoms with Crippen LogP contribution in [0.25, 0.3) is 0 Å². The van der Waals surface area contributed by atoms with E-state index in [-0.39, 0.29) is 10.9 Å². The first kappa shape index (κ1) is 12.9. The molecule has 0 bridgehead atoms. The predicted molar refractivity (Wildman–Crippen MR) is 58.6 cm³/mol. The fourth-order valence-corrected chi connectivity index (χ4v) is 1.27. The molecule has 0 spiro atoms. The van der Waals surface area contributed by atoms with E-state index in [0.29, 0.717) is 13.0 Å². The second-order valence-electron chi connectivity index (χ2n) is 3.43. The third kappa shape index (κ3) is 3.45. The topological polar surface area (TPSA) is 29.1 Å². The summed E-state index contributed by atoms with van der Waals surface area (Å²) < 4.78 is 26.0. The molecule has 0 saturated carbocycles. The number of hydrogen-bond acceptors (Lipinski definition) is 1. The smallest absolute Gasteiger partial charge is 0.254 e. The van der Waals surface area contributed by atoms with Crippen molar-refractivity contribution < 1.29 is 13.6 Å². The van der Waals surface area contributed by atoms with E-state index in [4.69, 9.17) is 11.6 Å². The molecule has 0 aromatic heterocycles. The first-order valence-electron chi connectivity index (χ1n) is 4.88. The second-order valence-corrected chi connectivity index (χ2v) is 4.17. The molecule has 0 heterocycles. The molecule has 88 valence electrons. The highest BCUT2D eigenvalue weighted by Gasteiger charge is 2.14. The van der Waals surface area contributed by atoms with Crippen molar-refractivity contribution in [2.45, 2.75) is 18.7 Å². The Bertz CT molecular complexity index is 382. The average molecular weight is 248 g/mol. The van der Waals surface area contributed by atoms with Crippen LogP contribution in [-0.2, 0) is 0 Å². The lowest BCUT2D eigenvalue weighted by atomic mass is 10.2. The third-order valence-electron chi connectivity index (χ3n) is 2.02. The summed E-state index contributed by atoms with van der Waals surface area (Å²) in [6.45, 7) is 2.12. The quantitative estimate of drug-likeness (QED) is 0.815. The molecule has 1 aromatic rings. The second kappa shape index (κ2) is 5.80. The zero-order valence-electron chi connectivity index (χ0n) is 8.77. The SMILES string of the molecule is CC(Cl)CCNC(=O)c1cccc(F)c1F. The summed E-state index contributed by atoms with van der Waals surface area (Å²) in [6, 6.07) is 3.49. The molecule has 1 amide bonds. The number of halogens is 3. The van der Waals surface area contributed by atoms with E-state index in [1.54, 1.807) is 6.92 Å². The van der Waals surface area contributed by atoms with Crippen molar-refractivity contribution in [3.8, 4) is 0 Å². The molecule has 0 aliphatic heterocycles. The zero-order chi connectivity index (χ0) is 12.1. The number of carbonyl (C=O) groups excluding carboxylic acids is 1. The van der Waals surface area contributed by atoms with Gasteiger partial charge in [0.1, 0.15) is 0 Å². The van der Waals surface area contributed by atoms with Crippen LogP contribution >= 0.6 is 11.6 Å². The Balaban J connectivity index is 2.63. The molecule has 2 nitrogen and oxygen atoms in total. The van der Waals surface area contributed by atoms with Gasteiger partial charge >= 0.3 is 0 Å². The van der Waals surface area contributed by atoms with Gasteiger partial charge in [0.25, 0.3) is 5.91 Å². The molecule has 1 N–H and O–H groups in total. The third-order valence-corrected chi connectivity index (χ3v) is 2.24. The summed E-state index contributed by atoms with van der Waals surface area (Å²) in [5.74, 6) is -2.79. The van der Waals surface area contributed by atoms with Gasteiger partial charge in [0, 0.05) is 11.9 Å². The van der Waals surface area contributed by atoms with Gasteiger partial charge in [-0.3, -0.25) is 4.79 Å². The van der Waals surface area contributed by atoms with Crippen molar-refractivity contribution in [1.82, 2.24) is 5.32 Å². The van der Waals surface area contributed by atoms with Crippen LogP contribution in [0.3, 0.4) is 0 Å². The van der Waals surface area contributed by atoms with Crippen LogP contribution in [0.4, 0.5) is 8.78 Å². The van der Waals surface area contributed by atoms with Gasteiger partial charge in [-0.05, 0) is 25.5 Å². The van der Waals surface area contributed by atoms with Crippen molar-refractivity contribution >= 4 is 17.5 Å². The number of hydrogen-bond donors (Lipinski definition) is 1. The molecule has 16 heavy (non-hydrogen) atoms. The van der Waals surface area contributed by atoms with Crippen LogP contribution in [0.1, 0.15) is 23.7 Å².